The normalized spacial score (nSPS) is 13.2. The fourth-order valence-electron chi connectivity index (χ4n) is 1.18. The Morgan fingerprint density at radius 3 is 2.82 bits per heavy atom. The summed E-state index contributed by atoms with van der Waals surface area (Å²) in [5.74, 6) is -0.270. The Balaban J connectivity index is 2.54. The fourth-order valence-corrected chi connectivity index (χ4v) is 2.44. The highest BCUT2D eigenvalue weighted by Crippen LogP contribution is 1.98. The second-order valence-corrected chi connectivity index (χ2v) is 5.56. The van der Waals surface area contributed by atoms with Gasteiger partial charge in [-0.3, -0.25) is 10.4 Å². The molecule has 94 valence electrons. The Bertz CT molecular complexity index is 472. The van der Waals surface area contributed by atoms with Crippen molar-refractivity contribution >= 4 is 15.9 Å². The number of nitrogens with zero attached hydrogens (tertiary/aromatic N) is 1. The molecule has 1 atom stereocenters. The van der Waals surface area contributed by atoms with Gasteiger partial charge >= 0.3 is 0 Å². The standard InChI is InChI=1S/C10H16N4O2S/c1-8(10(11)12)14-17(15,16)7-5-9-4-2-3-6-13-9/h2-4,6,8,14H,5,7H2,1H3,(H3,11,12). The summed E-state index contributed by atoms with van der Waals surface area (Å²) in [6, 6.07) is 4.67. The van der Waals surface area contributed by atoms with Crippen molar-refractivity contribution in [2.75, 3.05) is 5.75 Å². The maximum atomic E-state index is 11.6. The summed E-state index contributed by atoms with van der Waals surface area (Å²) in [7, 11) is -3.43. The minimum absolute atomic E-state index is 0.0678. The van der Waals surface area contributed by atoms with E-state index >= 15 is 0 Å². The first kappa shape index (κ1) is 13.6. The van der Waals surface area contributed by atoms with E-state index < -0.39 is 16.1 Å². The molecule has 0 spiro atoms. The molecule has 0 fully saturated rings. The van der Waals surface area contributed by atoms with E-state index in [1.54, 1.807) is 24.4 Å². The molecule has 0 saturated carbocycles. The van der Waals surface area contributed by atoms with E-state index in [1.807, 2.05) is 0 Å². The zero-order chi connectivity index (χ0) is 12.9. The number of nitrogens with one attached hydrogen (secondary N) is 2. The molecule has 0 aliphatic heterocycles. The summed E-state index contributed by atoms with van der Waals surface area (Å²) in [4.78, 5) is 4.04. The highest BCUT2D eigenvalue weighted by Gasteiger charge is 2.16. The third-order valence-corrected chi connectivity index (χ3v) is 3.63. The lowest BCUT2D eigenvalue weighted by Gasteiger charge is -2.12. The molecule has 4 N–H and O–H groups in total. The van der Waals surface area contributed by atoms with Crippen molar-refractivity contribution in [2.24, 2.45) is 5.73 Å². The zero-order valence-electron chi connectivity index (χ0n) is 9.55. The Hall–Kier alpha value is -1.47. The van der Waals surface area contributed by atoms with Crippen LogP contribution in [0.2, 0.25) is 0 Å². The average Bonchev–Trinajstić information content (AvgIpc) is 2.27. The Labute approximate surface area is 101 Å². The van der Waals surface area contributed by atoms with Crippen LogP contribution in [0.3, 0.4) is 0 Å². The molecule has 0 saturated heterocycles. The van der Waals surface area contributed by atoms with Crippen LogP contribution in [0.25, 0.3) is 0 Å². The number of nitrogens with two attached hydrogens (primary N) is 1. The number of hydrogen-bond donors (Lipinski definition) is 3. The van der Waals surface area contributed by atoms with Gasteiger partial charge in [0, 0.05) is 18.3 Å². The number of hydrogen-bond acceptors (Lipinski definition) is 4. The number of aromatic nitrogens is 1. The Morgan fingerprint density at radius 1 is 1.59 bits per heavy atom. The number of amidine groups is 1. The summed E-state index contributed by atoms with van der Waals surface area (Å²) >= 11 is 0. The molecule has 1 rings (SSSR count). The van der Waals surface area contributed by atoms with Gasteiger partial charge in [-0.05, 0) is 19.1 Å². The monoisotopic (exact) mass is 256 g/mol. The van der Waals surface area contributed by atoms with Gasteiger partial charge in [-0.25, -0.2) is 13.1 Å². The molecule has 0 aromatic carbocycles. The predicted octanol–water partition coefficient (Wildman–Crippen LogP) is -0.132. The number of rotatable bonds is 6. The summed E-state index contributed by atoms with van der Waals surface area (Å²) in [5, 5.41) is 7.12. The van der Waals surface area contributed by atoms with Gasteiger partial charge in [0.05, 0.1) is 11.8 Å². The van der Waals surface area contributed by atoms with Gasteiger partial charge in [0.25, 0.3) is 0 Å². The van der Waals surface area contributed by atoms with Gasteiger partial charge in [-0.15, -0.1) is 0 Å². The van der Waals surface area contributed by atoms with Crippen molar-refractivity contribution in [3.63, 3.8) is 0 Å². The second-order valence-electron chi connectivity index (χ2n) is 3.68. The van der Waals surface area contributed by atoms with Gasteiger partial charge in [-0.1, -0.05) is 6.07 Å². The molecule has 0 aliphatic rings. The molecule has 0 radical (unpaired) electrons. The summed E-state index contributed by atoms with van der Waals surface area (Å²) in [6.07, 6.45) is 1.95. The van der Waals surface area contributed by atoms with Crippen molar-refractivity contribution in [1.82, 2.24) is 9.71 Å². The van der Waals surface area contributed by atoms with E-state index in [-0.39, 0.29) is 11.6 Å². The van der Waals surface area contributed by atoms with Gasteiger partial charge in [-0.2, -0.15) is 0 Å². The molecule has 1 heterocycles. The summed E-state index contributed by atoms with van der Waals surface area (Å²) in [5.41, 5.74) is 5.91. The molecule has 6 nitrogen and oxygen atoms in total. The van der Waals surface area contributed by atoms with Crippen molar-refractivity contribution in [2.45, 2.75) is 19.4 Å². The van der Waals surface area contributed by atoms with Crippen molar-refractivity contribution < 1.29 is 8.42 Å². The molecular formula is C10H16N4O2S. The predicted molar refractivity (Wildman–Crippen MR) is 66.2 cm³/mol. The van der Waals surface area contributed by atoms with Crippen LogP contribution >= 0.6 is 0 Å². The van der Waals surface area contributed by atoms with E-state index in [4.69, 9.17) is 11.1 Å². The molecule has 0 aliphatic carbocycles. The molecule has 1 aromatic rings. The molecule has 1 unspecified atom stereocenters. The van der Waals surface area contributed by atoms with E-state index in [0.717, 1.165) is 0 Å². The fraction of sp³-hybridized carbons (Fsp3) is 0.400. The Kier molecular flexibility index (Phi) is 4.59. The van der Waals surface area contributed by atoms with Crippen molar-refractivity contribution in [3.05, 3.63) is 30.1 Å². The zero-order valence-corrected chi connectivity index (χ0v) is 10.4. The minimum Gasteiger partial charge on any atom is -0.386 e. The van der Waals surface area contributed by atoms with Gasteiger partial charge in [0.1, 0.15) is 5.84 Å². The molecule has 0 bridgehead atoms. The number of sulfonamides is 1. The lowest BCUT2D eigenvalue weighted by molar-refractivity contribution is 0.577. The van der Waals surface area contributed by atoms with Crippen molar-refractivity contribution in [1.29, 1.82) is 5.41 Å². The molecule has 7 heteroatoms. The molecule has 0 amide bonds. The molecular weight excluding hydrogens is 240 g/mol. The molecule has 17 heavy (non-hydrogen) atoms. The van der Waals surface area contributed by atoms with Crippen LogP contribution in [0.1, 0.15) is 12.6 Å². The smallest absolute Gasteiger partial charge is 0.212 e. The van der Waals surface area contributed by atoms with E-state index in [1.165, 1.54) is 6.92 Å². The summed E-state index contributed by atoms with van der Waals surface area (Å²) in [6.45, 7) is 1.53. The average molecular weight is 256 g/mol. The van der Waals surface area contributed by atoms with Crippen LogP contribution < -0.4 is 10.5 Å². The maximum absolute atomic E-state index is 11.6. The first-order valence-corrected chi connectivity index (χ1v) is 6.80. The van der Waals surface area contributed by atoms with E-state index in [0.29, 0.717) is 12.1 Å². The second kappa shape index (κ2) is 5.74. The van der Waals surface area contributed by atoms with Gasteiger partial charge in [0.2, 0.25) is 10.0 Å². The van der Waals surface area contributed by atoms with Crippen LogP contribution in [0.5, 0.6) is 0 Å². The maximum Gasteiger partial charge on any atom is 0.212 e. The highest BCUT2D eigenvalue weighted by molar-refractivity contribution is 7.89. The topological polar surface area (TPSA) is 109 Å². The number of pyridine rings is 1. The van der Waals surface area contributed by atoms with E-state index in [9.17, 15) is 8.42 Å². The third-order valence-electron chi connectivity index (χ3n) is 2.18. The molecule has 1 aromatic heterocycles. The largest absolute Gasteiger partial charge is 0.386 e. The Morgan fingerprint density at radius 2 is 2.29 bits per heavy atom. The van der Waals surface area contributed by atoms with Crippen LogP contribution in [-0.2, 0) is 16.4 Å². The van der Waals surface area contributed by atoms with Crippen LogP contribution in [0.15, 0.2) is 24.4 Å². The summed E-state index contributed by atoms with van der Waals surface area (Å²) < 4.78 is 25.6. The first-order chi connectivity index (χ1) is 7.91. The van der Waals surface area contributed by atoms with Crippen LogP contribution in [-0.4, -0.2) is 31.0 Å². The van der Waals surface area contributed by atoms with Crippen LogP contribution in [0, 0.1) is 5.41 Å². The first-order valence-electron chi connectivity index (χ1n) is 5.14. The lowest BCUT2D eigenvalue weighted by atomic mass is 10.3. The number of aryl methyl sites for hydroxylation is 1. The van der Waals surface area contributed by atoms with Crippen molar-refractivity contribution in [3.8, 4) is 0 Å². The van der Waals surface area contributed by atoms with Gasteiger partial charge in [0.15, 0.2) is 0 Å². The van der Waals surface area contributed by atoms with Crippen LogP contribution in [0.4, 0.5) is 0 Å². The minimum atomic E-state index is -3.43. The highest BCUT2D eigenvalue weighted by atomic mass is 32.2. The third kappa shape index (κ3) is 4.92. The lowest BCUT2D eigenvalue weighted by Crippen LogP contribution is -2.42. The SMILES string of the molecule is CC(NS(=O)(=O)CCc1ccccn1)C(=N)N. The van der Waals surface area contributed by atoms with Gasteiger partial charge < -0.3 is 5.73 Å². The quantitative estimate of drug-likeness (QED) is 0.486. The van der Waals surface area contributed by atoms with E-state index in [2.05, 4.69) is 9.71 Å².